The lowest BCUT2D eigenvalue weighted by atomic mass is 10.1. The Balaban J connectivity index is 1.83. The Kier molecular flexibility index (Phi) is 4.49. The first-order valence-electron chi connectivity index (χ1n) is 8.11. The number of hydrogen-bond acceptors (Lipinski definition) is 5. The Bertz CT molecular complexity index is 838. The average Bonchev–Trinajstić information content (AvgIpc) is 2.87. The van der Waals surface area contributed by atoms with E-state index in [1.54, 1.807) is 20.2 Å². The van der Waals surface area contributed by atoms with Gasteiger partial charge in [-0.05, 0) is 44.7 Å². The first-order chi connectivity index (χ1) is 11.4. The first-order valence-corrected chi connectivity index (χ1v) is 9.60. The van der Waals surface area contributed by atoms with Gasteiger partial charge in [0, 0.05) is 26.3 Å². The number of sulfonamides is 1. The number of nitrogens with zero attached hydrogens (tertiary/aromatic N) is 4. The lowest BCUT2D eigenvalue weighted by Gasteiger charge is -2.29. The molecule has 0 bridgehead atoms. The Hall–Kier alpha value is -2.09. The molecule has 1 aliphatic heterocycles. The minimum atomic E-state index is -3.66. The van der Waals surface area contributed by atoms with Crippen LogP contribution in [0.1, 0.15) is 30.5 Å². The molecule has 24 heavy (non-hydrogen) atoms. The largest absolute Gasteiger partial charge is 0.356 e. The zero-order valence-corrected chi connectivity index (χ0v) is 15.1. The van der Waals surface area contributed by atoms with Crippen molar-refractivity contribution in [2.45, 2.75) is 38.0 Å². The first kappa shape index (κ1) is 16.8. The van der Waals surface area contributed by atoms with Crippen LogP contribution in [0.25, 0.3) is 0 Å². The van der Waals surface area contributed by atoms with Gasteiger partial charge in [0.1, 0.15) is 10.7 Å². The molecule has 1 N–H and O–H groups in total. The van der Waals surface area contributed by atoms with Crippen LogP contribution in [0.4, 0.5) is 11.5 Å². The highest BCUT2D eigenvalue weighted by Crippen LogP contribution is 2.25. The quantitative estimate of drug-likeness (QED) is 0.915. The van der Waals surface area contributed by atoms with Crippen molar-refractivity contribution in [1.82, 2.24) is 14.8 Å². The molecule has 2 aromatic rings. The van der Waals surface area contributed by atoms with Crippen LogP contribution in [0.5, 0.6) is 0 Å². The van der Waals surface area contributed by atoms with Crippen LogP contribution in [0.15, 0.2) is 23.4 Å². The van der Waals surface area contributed by atoms with Crippen molar-refractivity contribution >= 4 is 21.5 Å². The smallest absolute Gasteiger partial charge is 0.265 e. The molecule has 130 valence electrons. The molecule has 7 nitrogen and oxygen atoms in total. The number of hydrogen-bond donors (Lipinski definition) is 1. The highest BCUT2D eigenvalue weighted by molar-refractivity contribution is 7.92. The van der Waals surface area contributed by atoms with Gasteiger partial charge in [0.25, 0.3) is 10.0 Å². The molecule has 1 aliphatic rings. The van der Waals surface area contributed by atoms with Crippen LogP contribution in [-0.4, -0.2) is 36.3 Å². The third-order valence-electron chi connectivity index (χ3n) is 4.22. The molecular weight excluding hydrogens is 326 g/mol. The summed E-state index contributed by atoms with van der Waals surface area (Å²) in [4.78, 5) is 6.93. The summed E-state index contributed by atoms with van der Waals surface area (Å²) < 4.78 is 29.2. The Morgan fingerprint density at radius 1 is 1.17 bits per heavy atom. The zero-order valence-electron chi connectivity index (χ0n) is 14.3. The van der Waals surface area contributed by atoms with Crippen LogP contribution in [0.2, 0.25) is 0 Å². The van der Waals surface area contributed by atoms with E-state index < -0.39 is 10.0 Å². The van der Waals surface area contributed by atoms with Gasteiger partial charge in [-0.2, -0.15) is 5.10 Å². The monoisotopic (exact) mass is 349 g/mol. The van der Waals surface area contributed by atoms with Crippen molar-refractivity contribution in [2.24, 2.45) is 7.05 Å². The minimum Gasteiger partial charge on any atom is -0.356 e. The lowest BCUT2D eigenvalue weighted by Crippen LogP contribution is -2.30. The van der Waals surface area contributed by atoms with E-state index >= 15 is 0 Å². The van der Waals surface area contributed by atoms with Crippen LogP contribution in [0.3, 0.4) is 0 Å². The second-order valence-corrected chi connectivity index (χ2v) is 7.92. The summed E-state index contributed by atoms with van der Waals surface area (Å²) in [6, 6.07) is 1.83. The minimum absolute atomic E-state index is 0.183. The Morgan fingerprint density at radius 3 is 2.46 bits per heavy atom. The number of piperidine rings is 1. The second kappa shape index (κ2) is 6.43. The highest BCUT2D eigenvalue weighted by atomic mass is 32.2. The predicted octanol–water partition coefficient (Wildman–Crippen LogP) is 2.22. The zero-order chi connectivity index (χ0) is 17.3. The van der Waals surface area contributed by atoms with E-state index in [4.69, 9.17) is 0 Å². The molecule has 8 heteroatoms. The van der Waals surface area contributed by atoms with Gasteiger partial charge in [-0.25, -0.2) is 13.4 Å². The molecule has 0 atom stereocenters. The van der Waals surface area contributed by atoms with Crippen molar-refractivity contribution in [1.29, 1.82) is 0 Å². The van der Waals surface area contributed by atoms with Crippen LogP contribution >= 0.6 is 0 Å². The van der Waals surface area contributed by atoms with Crippen LogP contribution < -0.4 is 9.62 Å². The van der Waals surface area contributed by atoms with Gasteiger partial charge in [0.05, 0.1) is 17.6 Å². The van der Waals surface area contributed by atoms with E-state index in [2.05, 4.69) is 19.7 Å². The molecule has 0 amide bonds. The molecule has 0 spiro atoms. The number of aryl methyl sites for hydroxylation is 3. The fourth-order valence-electron chi connectivity index (χ4n) is 3.11. The van der Waals surface area contributed by atoms with E-state index in [-0.39, 0.29) is 4.90 Å². The van der Waals surface area contributed by atoms with Crippen LogP contribution in [0, 0.1) is 13.8 Å². The summed E-state index contributed by atoms with van der Waals surface area (Å²) in [5, 5.41) is 4.09. The van der Waals surface area contributed by atoms with Gasteiger partial charge in [0.15, 0.2) is 0 Å². The molecule has 0 unspecified atom stereocenters. The number of pyridine rings is 1. The van der Waals surface area contributed by atoms with E-state index in [1.165, 1.54) is 30.1 Å². The van der Waals surface area contributed by atoms with Crippen molar-refractivity contribution < 1.29 is 8.42 Å². The van der Waals surface area contributed by atoms with Crippen LogP contribution in [-0.2, 0) is 17.1 Å². The summed E-state index contributed by atoms with van der Waals surface area (Å²) in [6.45, 7) is 5.66. The molecular formula is C16H23N5O2S. The molecule has 0 radical (unpaired) electrons. The van der Waals surface area contributed by atoms with Gasteiger partial charge in [0.2, 0.25) is 0 Å². The number of aromatic nitrogens is 3. The van der Waals surface area contributed by atoms with Crippen molar-refractivity contribution in [2.75, 3.05) is 22.7 Å². The van der Waals surface area contributed by atoms with Gasteiger partial charge in [-0.3, -0.25) is 9.40 Å². The number of anilines is 2. The van der Waals surface area contributed by atoms with Crippen molar-refractivity contribution in [3.05, 3.63) is 29.7 Å². The molecule has 3 heterocycles. The summed E-state index contributed by atoms with van der Waals surface area (Å²) in [7, 11) is -1.97. The maximum Gasteiger partial charge on any atom is 0.265 e. The molecule has 1 saturated heterocycles. The van der Waals surface area contributed by atoms with E-state index in [0.717, 1.165) is 24.5 Å². The lowest BCUT2D eigenvalue weighted by molar-refractivity contribution is 0.572. The summed E-state index contributed by atoms with van der Waals surface area (Å²) in [5.74, 6) is 0.940. The molecule has 0 saturated carbocycles. The number of nitrogens with one attached hydrogen (secondary N) is 1. The maximum atomic E-state index is 12.5. The standard InChI is InChI=1S/C16H23N5O2S/c1-12-9-14(10-17-16(12)21-7-5-4-6-8-21)19-24(22,23)15-11-20(3)18-13(15)2/h9-11,19H,4-8H2,1-3H3. The summed E-state index contributed by atoms with van der Waals surface area (Å²) in [6.07, 6.45) is 6.70. The molecule has 3 rings (SSSR count). The third kappa shape index (κ3) is 3.38. The fraction of sp³-hybridized carbons (Fsp3) is 0.500. The maximum absolute atomic E-state index is 12.5. The van der Waals surface area contributed by atoms with E-state index in [9.17, 15) is 8.42 Å². The SMILES string of the molecule is Cc1cc(NS(=O)(=O)c2cn(C)nc2C)cnc1N1CCCCC1. The normalized spacial score (nSPS) is 15.5. The summed E-state index contributed by atoms with van der Waals surface area (Å²) >= 11 is 0. The van der Waals surface area contributed by atoms with Gasteiger partial charge >= 0.3 is 0 Å². The van der Waals surface area contributed by atoms with Gasteiger partial charge < -0.3 is 4.90 Å². The topological polar surface area (TPSA) is 80.1 Å². The van der Waals surface area contributed by atoms with E-state index in [1.807, 2.05) is 13.0 Å². The Morgan fingerprint density at radius 2 is 1.88 bits per heavy atom. The third-order valence-corrected chi connectivity index (χ3v) is 5.70. The number of rotatable bonds is 4. The molecule has 0 aromatic carbocycles. The predicted molar refractivity (Wildman–Crippen MR) is 93.8 cm³/mol. The summed E-state index contributed by atoms with van der Waals surface area (Å²) in [5.41, 5.74) is 1.91. The highest BCUT2D eigenvalue weighted by Gasteiger charge is 2.21. The molecule has 0 aliphatic carbocycles. The molecule has 1 fully saturated rings. The van der Waals surface area contributed by atoms with Gasteiger partial charge in [-0.1, -0.05) is 0 Å². The average molecular weight is 349 g/mol. The fourth-order valence-corrected chi connectivity index (χ4v) is 4.36. The van der Waals surface area contributed by atoms with Crippen molar-refractivity contribution in [3.63, 3.8) is 0 Å². The Labute approximate surface area is 142 Å². The molecule has 2 aromatic heterocycles. The van der Waals surface area contributed by atoms with E-state index in [0.29, 0.717) is 11.4 Å². The second-order valence-electron chi connectivity index (χ2n) is 6.27. The van der Waals surface area contributed by atoms with Crippen molar-refractivity contribution in [3.8, 4) is 0 Å². The van der Waals surface area contributed by atoms with Gasteiger partial charge in [-0.15, -0.1) is 0 Å².